The normalized spacial score (nSPS) is 10.1. The molecule has 0 saturated carbocycles. The fourth-order valence-corrected chi connectivity index (χ4v) is 14.2. The van der Waals surface area contributed by atoms with Crippen LogP contribution in [0.25, 0.3) is 83.6 Å². The molecule has 0 spiro atoms. The Kier molecular flexibility index (Phi) is 52.2. The molecule has 45 heteroatoms. The number of fused-ring (bicyclic) bond motifs is 5. The molecule has 0 atom stereocenters. The van der Waals surface area contributed by atoms with Crippen LogP contribution in [0.3, 0.4) is 0 Å². The van der Waals surface area contributed by atoms with Crippen LogP contribution in [0.15, 0.2) is 213 Å². The van der Waals surface area contributed by atoms with Crippen LogP contribution in [0.1, 0.15) is 93.0 Å². The first kappa shape index (κ1) is 119. The number of carbonyl (C=O) groups excluding carboxylic acids is 9. The summed E-state index contributed by atoms with van der Waals surface area (Å²) in [4.78, 5) is 99.2. The number of benzene rings is 6. The molecule has 0 aliphatic heterocycles. The van der Waals surface area contributed by atoms with E-state index in [0.717, 1.165) is 81.3 Å². The second kappa shape index (κ2) is 56.9. The monoisotopic (exact) mass is 2240 g/mol. The second-order valence-corrected chi connectivity index (χ2v) is 27.2. The molecule has 16 aromatic rings. The molecule has 10 heterocycles. The van der Waals surface area contributed by atoms with Gasteiger partial charge in [0.05, 0.1) is 111 Å². The fraction of sp³-hybridized carbons (Fsp3) is 0.165. The number of amides is 1. The van der Waals surface area contributed by atoms with Crippen molar-refractivity contribution in [3.63, 3.8) is 0 Å². The van der Waals surface area contributed by atoms with Gasteiger partial charge in [0.25, 0.3) is 5.91 Å². The van der Waals surface area contributed by atoms with Crippen LogP contribution in [0.4, 0.5) is 45.2 Å². The predicted molar refractivity (Wildman–Crippen MR) is 454 cm³/mol. The van der Waals surface area contributed by atoms with Gasteiger partial charge in [0, 0.05) is 45.3 Å². The Bertz CT molecular complexity index is 6330. The minimum atomic E-state index is -4.79. The van der Waals surface area contributed by atoms with E-state index in [2.05, 4.69) is 105 Å². The maximum atomic E-state index is 14.1. The summed E-state index contributed by atoms with van der Waals surface area (Å²) in [5, 5.41) is 27.6. The summed E-state index contributed by atoms with van der Waals surface area (Å²) < 4.78 is 131. The van der Waals surface area contributed by atoms with Gasteiger partial charge in [-0.1, -0.05) is 135 Å². The van der Waals surface area contributed by atoms with Gasteiger partial charge in [-0.25, -0.2) is 48.3 Å². The number of hydrogen-bond acceptors (Lipinski definition) is 20. The van der Waals surface area contributed by atoms with E-state index in [1.165, 1.54) is 66.0 Å². The summed E-state index contributed by atoms with van der Waals surface area (Å²) >= 11 is 20.5. The zero-order valence-corrected chi connectivity index (χ0v) is 84.2. The maximum absolute atomic E-state index is 14.1. The molecule has 10 aromatic heterocycles. The number of rotatable bonds is 10. The molecule has 1 amide bonds. The summed E-state index contributed by atoms with van der Waals surface area (Å²) in [5.41, 5.74) is 8.74. The minimum absolute atomic E-state index is 0. The van der Waals surface area contributed by atoms with E-state index < -0.39 is 46.7 Å². The van der Waals surface area contributed by atoms with Crippen molar-refractivity contribution in [1.82, 2.24) is 73.8 Å². The summed E-state index contributed by atoms with van der Waals surface area (Å²) in [6.07, 6.45) is -3.31. The number of carbonyl (C=O) groups is 1. The number of halogens is 15. The molecule has 0 aliphatic carbocycles. The second-order valence-electron chi connectivity index (χ2n) is 25.3. The number of alkyl halides is 9. The Morgan fingerprint density at radius 2 is 0.685 bits per heavy atom. The number of nitrogens with zero attached hydrogens (tertiary/aromatic N) is 15. The molecule has 0 fully saturated rings. The van der Waals surface area contributed by atoms with Gasteiger partial charge in [0.15, 0.2) is 28.2 Å². The number of para-hydroxylation sites is 5. The topological polar surface area (TPSA) is 349 Å². The maximum Gasteiger partial charge on any atom is 1.00 e. The molecule has 16 rings (SSSR count). The van der Waals surface area contributed by atoms with Crippen LogP contribution in [0.5, 0.6) is 0 Å². The van der Waals surface area contributed by atoms with Crippen LogP contribution in [0, 0.1) is 38.2 Å². The van der Waals surface area contributed by atoms with Crippen molar-refractivity contribution in [3.8, 4) is 28.4 Å². The molecule has 6 aromatic carbocycles. The third-order valence-corrected chi connectivity index (χ3v) is 19.6. The largest absolute Gasteiger partial charge is 1.00 e. The van der Waals surface area contributed by atoms with E-state index in [9.17, 15) is 44.3 Å². The molecule has 0 saturated heterocycles. The quantitative estimate of drug-likeness (QED) is 0.108. The number of hydrogen-bond donors (Lipinski definition) is 1. The first-order chi connectivity index (χ1) is 59.3. The van der Waals surface area contributed by atoms with Gasteiger partial charge in [-0.3, -0.25) is 4.79 Å². The summed E-state index contributed by atoms with van der Waals surface area (Å²) in [6, 6.07) is 53.8. The molecule has 26 nitrogen and oxygen atoms in total. The number of nitrogens with one attached hydrogen (secondary N) is 1. The van der Waals surface area contributed by atoms with Crippen LogP contribution in [-0.4, -0.2) is 110 Å². The summed E-state index contributed by atoms with van der Waals surface area (Å²) in [7, 11) is 0. The average molecular weight is 2250 g/mol. The van der Waals surface area contributed by atoms with E-state index in [-0.39, 0.29) is 209 Å². The third kappa shape index (κ3) is 30.1. The first-order valence-corrected chi connectivity index (χ1v) is 40.9. The van der Waals surface area contributed by atoms with Gasteiger partial charge >= 0.3 is 176 Å². The molecule has 0 unspecified atom stereocenters. The van der Waals surface area contributed by atoms with Gasteiger partial charge in [0.1, 0.15) is 0 Å². The molecule has 130 heavy (non-hydrogen) atoms. The molecule has 0 bridgehead atoms. The van der Waals surface area contributed by atoms with Gasteiger partial charge in [-0.15, -0.1) is 0 Å². The summed E-state index contributed by atoms with van der Waals surface area (Å²) in [6.45, 7) is 14.5. The molecule has 2 N–H and O–H groups in total. The van der Waals surface area contributed by atoms with Gasteiger partial charge in [0.2, 0.25) is 0 Å². The van der Waals surface area contributed by atoms with Gasteiger partial charge in [-0.05, 0) is 184 Å². The SMILES string of the molecule is CCc1cnc2c(c(C)nn2-c2ccccc2)c1C(F)(F)F.CCc1cnc2c(c(C)nn2-c2ccccc2)c1Cl.CCc1cnc2c(c(C)nn2-c2ccccc2)c1I.Cc1nn(-c2ccccc2)c2ncc(C(=O)Nc3ccc(Cl)cc3)c(C(F)(F)F)c12.Cc1nn(-c2ccccc2)c2nccc(C(F)(F)F)c12.O=C=O.O=C=O.O=C=O.O=C=O.[Cu][I].[F-].[I-].[K+].[Li+].[Na+].[OH-]. The number of aromatic nitrogens is 15. The van der Waals surface area contributed by atoms with Crippen LogP contribution >= 0.6 is 66.1 Å². The number of pyridine rings is 5. The van der Waals surface area contributed by atoms with Crippen molar-refractivity contribution in [2.45, 2.75) is 93.2 Å². The van der Waals surface area contributed by atoms with Gasteiger partial charge in [-0.2, -0.15) is 103 Å². The zero-order valence-electron chi connectivity index (χ0n) is 70.1. The van der Waals surface area contributed by atoms with Crippen molar-refractivity contribution >= 4 is 158 Å². The van der Waals surface area contributed by atoms with E-state index in [1.807, 2.05) is 121 Å². The molecule has 0 aliphatic rings. The average Bonchev–Trinajstić information content (AvgIpc) is 1.60. The van der Waals surface area contributed by atoms with Crippen molar-refractivity contribution in [3.05, 3.63) is 294 Å². The van der Waals surface area contributed by atoms with Crippen molar-refractivity contribution in [2.24, 2.45) is 0 Å². The van der Waals surface area contributed by atoms with Crippen molar-refractivity contribution in [2.75, 3.05) is 5.32 Å². The number of anilines is 1. The van der Waals surface area contributed by atoms with E-state index in [0.29, 0.717) is 39.2 Å². The predicted octanol–water partition coefficient (Wildman–Crippen LogP) is 4.94. The molecular weight excluding hydrogens is 2180 g/mol. The van der Waals surface area contributed by atoms with Gasteiger partial charge < -0.3 is 39.5 Å². The van der Waals surface area contributed by atoms with Crippen molar-refractivity contribution < 1.29 is 229 Å². The van der Waals surface area contributed by atoms with Crippen LogP contribution in [-0.2, 0) is 88.9 Å². The minimum Gasteiger partial charge on any atom is -1.00 e. The van der Waals surface area contributed by atoms with Crippen molar-refractivity contribution in [1.29, 1.82) is 0 Å². The smallest absolute Gasteiger partial charge is 1.00 e. The first-order valence-electron chi connectivity index (χ1n) is 36.1. The van der Waals surface area contributed by atoms with E-state index in [4.69, 9.17) is 61.6 Å². The Labute approximate surface area is 871 Å². The van der Waals surface area contributed by atoms with E-state index in [1.54, 1.807) is 108 Å². The fourth-order valence-electron chi connectivity index (χ4n) is 12.5. The number of aryl methyl sites for hydroxylation is 8. The molecule has 666 valence electrons. The van der Waals surface area contributed by atoms with Crippen LogP contribution < -0.4 is 134 Å². The third-order valence-electron chi connectivity index (χ3n) is 17.7. The van der Waals surface area contributed by atoms with Crippen LogP contribution in [0.2, 0.25) is 10.0 Å². The standard InChI is InChI=1S/C21H14ClF3N4O.C16H14F3N3.C15H14ClN3.C15H14IN3.C14H10F3N3.4CO2.Cu.FH.2HI.K.Li.Na.H2O/c1-12-17-18(21(23,24)25)16(20(30)27-14-9-7-13(22)8-10-14)11-26-19(17)29(28-12)15-5-3-2-4-6-15;1-3-11-9-20-15-13(14(11)16(17,18)19)10(2)21-22(15)12-7-5-4-6-8-12;2*1-3-11-9-17-15-13(14(11)16)10(2)18-19(15)12-7-5-4-6-8-12;1-9-12-11(14(15,16)17)7-8-18-13(12)20(19-9)10-5-3-2-4-6-10;4*2-1-3;;;;;;;;/h2-11H,1H3,(H,27,30);4-9H,3H2,1-2H3;2*4-9H,3H2,1-2H3;2-8H,1H3;;;;;;3*1H;;;;1H2/q;;;;;;;;;+1;;;;3*+1;/p-4. The Balaban J connectivity index is 0.000000781. The molecule has 0 radical (unpaired) electrons. The molecular formula is C85H67Cl2CuF10I3KLiN16NaO10. The Morgan fingerprint density at radius 1 is 0.408 bits per heavy atom. The Hall–Kier alpha value is -8.81. The Morgan fingerprint density at radius 3 is 1.02 bits per heavy atom. The summed E-state index contributed by atoms with van der Waals surface area (Å²) in [5.74, 6) is -0.925. The zero-order chi connectivity index (χ0) is 91.3. The van der Waals surface area contributed by atoms with E-state index >= 15 is 0 Å².